The van der Waals surface area contributed by atoms with Gasteiger partial charge in [-0.3, -0.25) is 9.36 Å². The Morgan fingerprint density at radius 3 is 2.00 bits per heavy atom. The Kier molecular flexibility index (Phi) is 7.63. The Morgan fingerprint density at radius 2 is 1.59 bits per heavy atom. The standard InChI is InChI=1S/C21H33O5P/c1-20(2,3)17-12-15(13-18(19(17)23)21(4,5)6)10-9-11-16(22)14-26-27(8,24)25-7/h9,11-13,23H,10,14H2,1-8H3. The fourth-order valence-electron chi connectivity index (χ4n) is 2.56. The first-order chi connectivity index (χ1) is 12.2. The van der Waals surface area contributed by atoms with Gasteiger partial charge in [-0.2, -0.15) is 0 Å². The van der Waals surface area contributed by atoms with Gasteiger partial charge in [-0.15, -0.1) is 0 Å². The topological polar surface area (TPSA) is 72.8 Å². The highest BCUT2D eigenvalue weighted by atomic mass is 31.2. The van der Waals surface area contributed by atoms with Crippen LogP contribution in [0.4, 0.5) is 0 Å². The first kappa shape index (κ1) is 23.6. The minimum atomic E-state index is -3.16. The van der Waals surface area contributed by atoms with E-state index in [4.69, 9.17) is 9.05 Å². The van der Waals surface area contributed by atoms with E-state index in [-0.39, 0.29) is 23.2 Å². The van der Waals surface area contributed by atoms with Crippen molar-refractivity contribution >= 4 is 13.4 Å². The highest BCUT2D eigenvalue weighted by Crippen LogP contribution is 2.42. The maximum absolute atomic E-state index is 11.9. The molecule has 152 valence electrons. The van der Waals surface area contributed by atoms with Gasteiger partial charge in [-0.05, 0) is 40.0 Å². The smallest absolute Gasteiger partial charge is 0.327 e. The zero-order valence-corrected chi connectivity index (χ0v) is 18.6. The molecule has 5 nitrogen and oxygen atoms in total. The van der Waals surface area contributed by atoms with Crippen molar-refractivity contribution in [2.75, 3.05) is 20.4 Å². The van der Waals surface area contributed by atoms with E-state index in [2.05, 4.69) is 41.5 Å². The van der Waals surface area contributed by atoms with E-state index < -0.39 is 7.60 Å². The zero-order valence-electron chi connectivity index (χ0n) is 17.8. The summed E-state index contributed by atoms with van der Waals surface area (Å²) in [5.41, 5.74) is 2.40. The van der Waals surface area contributed by atoms with Crippen LogP contribution in [0.1, 0.15) is 58.2 Å². The molecule has 0 aliphatic carbocycles. The number of hydrogen-bond acceptors (Lipinski definition) is 5. The molecule has 0 fully saturated rings. The van der Waals surface area contributed by atoms with Crippen LogP contribution >= 0.6 is 7.60 Å². The van der Waals surface area contributed by atoms with E-state index in [1.165, 1.54) is 19.9 Å². The SMILES string of the molecule is COP(C)(=O)OCC(=O)C=CCc1cc(C(C)(C)C)c(O)c(C(C)(C)C)c1. The molecule has 1 atom stereocenters. The summed E-state index contributed by atoms with van der Waals surface area (Å²) in [4.78, 5) is 11.9. The molecule has 1 aromatic carbocycles. The first-order valence-electron chi connectivity index (χ1n) is 9.01. The van der Waals surface area contributed by atoms with Crippen LogP contribution in [0.3, 0.4) is 0 Å². The largest absolute Gasteiger partial charge is 0.507 e. The summed E-state index contributed by atoms with van der Waals surface area (Å²) >= 11 is 0. The second-order valence-corrected chi connectivity index (χ2v) is 11.0. The zero-order chi connectivity index (χ0) is 21.0. The Labute approximate surface area is 163 Å². The van der Waals surface area contributed by atoms with Crippen LogP contribution in [0.15, 0.2) is 24.3 Å². The molecular weight excluding hydrogens is 363 g/mol. The van der Waals surface area contributed by atoms with Gasteiger partial charge in [0.25, 0.3) is 0 Å². The van der Waals surface area contributed by atoms with Crippen molar-refractivity contribution in [2.45, 2.75) is 58.8 Å². The molecule has 0 amide bonds. The van der Waals surface area contributed by atoms with Crippen LogP contribution < -0.4 is 0 Å². The van der Waals surface area contributed by atoms with Gasteiger partial charge in [-0.25, -0.2) is 0 Å². The summed E-state index contributed by atoms with van der Waals surface area (Å²) in [5, 5.41) is 10.7. The average Bonchev–Trinajstić information content (AvgIpc) is 2.52. The Bertz CT molecular complexity index is 716. The van der Waals surface area contributed by atoms with Crippen molar-refractivity contribution in [3.8, 4) is 5.75 Å². The maximum atomic E-state index is 11.9. The molecule has 0 aromatic heterocycles. The second kappa shape index (κ2) is 8.72. The van der Waals surface area contributed by atoms with Crippen LogP contribution in [0.2, 0.25) is 0 Å². The molecule has 1 unspecified atom stereocenters. The number of allylic oxidation sites excluding steroid dienone is 1. The molecule has 0 saturated carbocycles. The molecule has 0 aliphatic rings. The third kappa shape index (κ3) is 7.25. The predicted molar refractivity (Wildman–Crippen MR) is 110 cm³/mol. The fraction of sp³-hybridized carbons (Fsp3) is 0.571. The molecule has 0 aliphatic heterocycles. The van der Waals surface area contributed by atoms with Crippen LogP contribution in [-0.2, 0) is 35.7 Å². The van der Waals surface area contributed by atoms with Gasteiger partial charge in [0, 0.05) is 13.8 Å². The quantitative estimate of drug-likeness (QED) is 0.510. The van der Waals surface area contributed by atoms with Gasteiger partial charge in [-0.1, -0.05) is 59.8 Å². The Balaban J connectivity index is 3.01. The van der Waals surface area contributed by atoms with Gasteiger partial charge < -0.3 is 14.2 Å². The number of carbonyl (C=O) groups excluding carboxylic acids is 1. The molecule has 0 spiro atoms. The van der Waals surface area contributed by atoms with E-state index in [1.54, 1.807) is 6.08 Å². The van der Waals surface area contributed by atoms with E-state index in [0.29, 0.717) is 12.2 Å². The summed E-state index contributed by atoms with van der Waals surface area (Å²) in [6, 6.07) is 3.97. The Morgan fingerprint density at radius 1 is 1.11 bits per heavy atom. The number of phenols is 1. The molecule has 27 heavy (non-hydrogen) atoms. The van der Waals surface area contributed by atoms with Crippen molar-refractivity contribution in [3.63, 3.8) is 0 Å². The first-order valence-corrected chi connectivity index (χ1v) is 11.0. The lowest BCUT2D eigenvalue weighted by atomic mass is 9.78. The molecular formula is C21H33O5P. The number of ketones is 1. The molecule has 0 heterocycles. The predicted octanol–water partition coefficient (Wildman–Crippen LogP) is 5.14. The average molecular weight is 396 g/mol. The van der Waals surface area contributed by atoms with Crippen molar-refractivity contribution in [1.29, 1.82) is 0 Å². The van der Waals surface area contributed by atoms with Crippen molar-refractivity contribution < 1.29 is 23.5 Å². The van der Waals surface area contributed by atoms with Crippen LogP contribution in [0.5, 0.6) is 5.75 Å². The third-order valence-electron chi connectivity index (χ3n) is 4.22. The van der Waals surface area contributed by atoms with Crippen LogP contribution in [0, 0.1) is 0 Å². The van der Waals surface area contributed by atoms with Crippen molar-refractivity contribution in [1.82, 2.24) is 0 Å². The van der Waals surface area contributed by atoms with E-state index in [1.807, 2.05) is 12.1 Å². The van der Waals surface area contributed by atoms with Gasteiger partial charge in [0.2, 0.25) is 0 Å². The lowest BCUT2D eigenvalue weighted by Gasteiger charge is -2.28. The fourth-order valence-corrected chi connectivity index (χ4v) is 3.03. The lowest BCUT2D eigenvalue weighted by molar-refractivity contribution is -0.116. The number of aromatic hydroxyl groups is 1. The Hall–Kier alpha value is -1.42. The molecule has 6 heteroatoms. The number of rotatable bonds is 7. The molecule has 1 rings (SSSR count). The maximum Gasteiger partial charge on any atom is 0.327 e. The minimum absolute atomic E-state index is 0.199. The minimum Gasteiger partial charge on any atom is -0.507 e. The molecule has 1 N–H and O–H groups in total. The summed E-state index contributed by atoms with van der Waals surface area (Å²) in [5.74, 6) is 0.0606. The number of hydrogen-bond donors (Lipinski definition) is 1. The highest BCUT2D eigenvalue weighted by molar-refractivity contribution is 7.52. The van der Waals surface area contributed by atoms with Gasteiger partial charge in [0.15, 0.2) is 5.78 Å². The van der Waals surface area contributed by atoms with Crippen LogP contribution in [0.25, 0.3) is 0 Å². The van der Waals surface area contributed by atoms with Crippen molar-refractivity contribution in [3.05, 3.63) is 41.0 Å². The second-order valence-electron chi connectivity index (χ2n) is 8.84. The monoisotopic (exact) mass is 396 g/mol. The summed E-state index contributed by atoms with van der Waals surface area (Å²) in [7, 11) is -1.87. The number of benzene rings is 1. The molecule has 0 saturated heterocycles. The molecule has 0 radical (unpaired) electrons. The van der Waals surface area contributed by atoms with Gasteiger partial charge in [0.1, 0.15) is 12.4 Å². The normalized spacial score (nSPS) is 15.1. The number of carbonyl (C=O) groups is 1. The molecule has 1 aromatic rings. The lowest BCUT2D eigenvalue weighted by Crippen LogP contribution is -2.17. The highest BCUT2D eigenvalue weighted by Gasteiger charge is 2.26. The van der Waals surface area contributed by atoms with E-state index in [0.717, 1.165) is 16.7 Å². The van der Waals surface area contributed by atoms with Gasteiger partial charge >= 0.3 is 7.60 Å². The number of phenolic OH excluding ortho intramolecular Hbond substituents is 1. The van der Waals surface area contributed by atoms with E-state index in [9.17, 15) is 14.5 Å². The summed E-state index contributed by atoms with van der Waals surface area (Å²) in [6.07, 6.45) is 3.73. The third-order valence-corrected chi connectivity index (χ3v) is 5.48. The van der Waals surface area contributed by atoms with E-state index >= 15 is 0 Å². The van der Waals surface area contributed by atoms with Crippen molar-refractivity contribution in [2.24, 2.45) is 0 Å². The van der Waals surface area contributed by atoms with Gasteiger partial charge in [0.05, 0.1) is 0 Å². The van der Waals surface area contributed by atoms with Crippen LogP contribution in [-0.4, -0.2) is 31.3 Å². The summed E-state index contributed by atoms with van der Waals surface area (Å²) < 4.78 is 21.3. The summed E-state index contributed by atoms with van der Waals surface area (Å²) in [6.45, 7) is 13.4. The molecule has 0 bridgehead atoms.